The van der Waals surface area contributed by atoms with Gasteiger partial charge in [0.05, 0.1) is 5.02 Å². The second-order valence-corrected chi connectivity index (χ2v) is 1.13. The van der Waals surface area contributed by atoms with Crippen LogP contribution in [-0.4, -0.2) is 5.02 Å². The predicted molar refractivity (Wildman–Crippen MR) is 34.9 cm³/mol. The van der Waals surface area contributed by atoms with Gasteiger partial charge >= 0.3 is 0 Å². The third-order valence-electron chi connectivity index (χ3n) is 0.395. The van der Waals surface area contributed by atoms with E-state index in [1.54, 1.807) is 0 Å². The maximum atomic E-state index is 10.1. The Bertz CT molecular complexity index is 215. The first-order valence-corrected chi connectivity index (χ1v) is 2.57. The van der Waals surface area contributed by atoms with Crippen molar-refractivity contribution in [2.24, 2.45) is 42.4 Å². The van der Waals surface area contributed by atoms with Gasteiger partial charge in [0.2, 0.25) is 10.4 Å². The number of rotatable bonds is 4. The Labute approximate surface area is 70.8 Å². The molecule has 0 aromatic rings. The Morgan fingerprint density at radius 3 is 2.33 bits per heavy atom. The number of thiol groups is 1. The highest BCUT2D eigenvalue weighted by Gasteiger charge is 1.84. The second kappa shape index (κ2) is 7.26. The van der Waals surface area contributed by atoms with Crippen LogP contribution in [0.1, 0.15) is 0 Å². The fourth-order valence-corrected chi connectivity index (χ4v) is 0.176. The van der Waals surface area contributed by atoms with Gasteiger partial charge in [0.1, 0.15) is 5.22 Å². The number of hydrogen-bond donors (Lipinski definition) is 2. The molecule has 12 heavy (non-hydrogen) atoms. The summed E-state index contributed by atoms with van der Waals surface area (Å²) < 4.78 is 3.70. The molecular weight excluding hydrogens is 190 g/mol. The van der Waals surface area contributed by atoms with Gasteiger partial charge < -0.3 is 15.3 Å². The molecule has 0 aliphatic rings. The molecule has 0 atom stereocenters. The van der Waals surface area contributed by atoms with Crippen LogP contribution in [0, 0.1) is 5.21 Å². The van der Waals surface area contributed by atoms with Gasteiger partial charge in [-0.05, 0) is 5.22 Å². The molecular formula is H3N9O2S. The maximum Gasteiger partial charge on any atom is 0.230 e. The largest absolute Gasteiger partial charge is 0.394 e. The molecule has 11 nitrogen and oxygen atoms in total. The molecule has 0 rings (SSSR count). The summed E-state index contributed by atoms with van der Waals surface area (Å²) in [5.41, 5.74) is 0. The van der Waals surface area contributed by atoms with E-state index in [1.165, 1.54) is 0 Å². The highest BCUT2D eigenvalue weighted by atomic mass is 32.1. The van der Waals surface area contributed by atoms with Crippen molar-refractivity contribution in [3.05, 3.63) is 5.21 Å². The van der Waals surface area contributed by atoms with Crippen LogP contribution in [0.5, 0.6) is 0 Å². The summed E-state index contributed by atoms with van der Waals surface area (Å²) in [5, 5.41) is 29.4. The molecule has 0 aliphatic carbocycles. The minimum Gasteiger partial charge on any atom is -0.394 e. The van der Waals surface area contributed by atoms with Gasteiger partial charge in [0, 0.05) is 10.4 Å². The molecule has 0 radical (unpaired) electrons. The van der Waals surface area contributed by atoms with Crippen molar-refractivity contribution in [3.63, 3.8) is 0 Å². The minimum atomic E-state index is -0.313. The molecule has 12 heteroatoms. The summed E-state index contributed by atoms with van der Waals surface area (Å²) in [6.07, 6.45) is 0. The van der Waals surface area contributed by atoms with Crippen LogP contribution in [0.4, 0.5) is 0 Å². The van der Waals surface area contributed by atoms with Crippen molar-refractivity contribution in [2.75, 3.05) is 0 Å². The van der Waals surface area contributed by atoms with E-state index in [9.17, 15) is 5.21 Å². The second-order valence-electron chi connectivity index (χ2n) is 0.972. The van der Waals surface area contributed by atoms with Gasteiger partial charge in [0.25, 0.3) is 0 Å². The van der Waals surface area contributed by atoms with E-state index in [4.69, 9.17) is 0 Å². The summed E-state index contributed by atoms with van der Waals surface area (Å²) in [5.74, 6) is 4.53. The van der Waals surface area contributed by atoms with Crippen LogP contribution in [-0.2, 0) is 4.28 Å². The van der Waals surface area contributed by atoms with E-state index in [0.717, 1.165) is 0 Å². The van der Waals surface area contributed by atoms with Gasteiger partial charge in [-0.1, -0.05) is 18.1 Å². The van der Waals surface area contributed by atoms with Crippen molar-refractivity contribution in [3.8, 4) is 0 Å². The molecule has 0 aromatic carbocycles. The lowest BCUT2D eigenvalue weighted by Crippen LogP contribution is -1.89. The first-order valence-electron chi connectivity index (χ1n) is 2.21. The van der Waals surface area contributed by atoms with E-state index in [1.807, 2.05) is 0 Å². The zero-order valence-electron chi connectivity index (χ0n) is 5.42. The van der Waals surface area contributed by atoms with E-state index >= 15 is 0 Å². The summed E-state index contributed by atoms with van der Waals surface area (Å²) in [7, 11) is 0. The standard InChI is InChI=1S/H3N9O2S/c1-2-3-4-5-6-7-8-9(10)11-12/h12H,(H2,1,3,5,7). The molecule has 0 unspecified atom stereocenters. The van der Waals surface area contributed by atoms with Gasteiger partial charge in [-0.3, -0.25) is 0 Å². The highest BCUT2D eigenvalue weighted by molar-refractivity contribution is 7.74. The Balaban J connectivity index is 3.77. The molecule has 0 saturated carbocycles. The first-order chi connectivity index (χ1) is 5.81. The van der Waals surface area contributed by atoms with Crippen LogP contribution in [0.2, 0.25) is 0 Å². The van der Waals surface area contributed by atoms with Crippen molar-refractivity contribution >= 4 is 12.9 Å². The quantitative estimate of drug-likeness (QED) is 0.222. The molecule has 0 fully saturated rings. The van der Waals surface area contributed by atoms with Gasteiger partial charge in [-0.2, -0.15) is 0 Å². The van der Waals surface area contributed by atoms with Crippen LogP contribution in [0.3, 0.4) is 0 Å². The summed E-state index contributed by atoms with van der Waals surface area (Å²) in [4.78, 5) is 0. The summed E-state index contributed by atoms with van der Waals surface area (Å²) >= 11 is 3.09. The van der Waals surface area contributed by atoms with Crippen LogP contribution in [0.15, 0.2) is 36.6 Å². The zero-order valence-corrected chi connectivity index (χ0v) is 6.31. The van der Waals surface area contributed by atoms with Crippen molar-refractivity contribution in [1.29, 1.82) is 0 Å². The molecule has 0 spiro atoms. The van der Waals surface area contributed by atoms with E-state index in [0.29, 0.717) is 0 Å². The van der Waals surface area contributed by atoms with Gasteiger partial charge in [-0.15, -0.1) is 0 Å². The predicted octanol–water partition coefficient (Wildman–Crippen LogP) is 0.701. The Morgan fingerprint density at radius 2 is 1.75 bits per heavy atom. The average Bonchev–Trinajstić information content (AvgIpc) is 2.10. The average molecular weight is 193 g/mol. The molecule has 0 aromatic heterocycles. The monoisotopic (exact) mass is 193 g/mol. The minimum absolute atomic E-state index is 0.313. The lowest BCUT2D eigenvalue weighted by molar-refractivity contribution is -0.744. The molecule has 66 valence electrons. The van der Waals surface area contributed by atoms with Crippen LogP contribution in [0.25, 0.3) is 0 Å². The zero-order chi connectivity index (χ0) is 9.23. The normalized spacial score (nSPS) is 13.6. The summed E-state index contributed by atoms with van der Waals surface area (Å²) in [6.45, 7) is 0. The third kappa shape index (κ3) is 6.27. The molecule has 0 heterocycles. The lowest BCUT2D eigenvalue weighted by atomic mass is 12.4. The fraction of sp³-hybridized carbons (Fsp3) is 0. The molecule has 0 bridgehead atoms. The Kier molecular flexibility index (Phi) is 6.14. The molecule has 0 amide bonds. The van der Waals surface area contributed by atoms with Gasteiger partial charge in [-0.25, -0.2) is 0 Å². The van der Waals surface area contributed by atoms with Gasteiger partial charge in [0.15, 0.2) is 0 Å². The molecule has 2 N–H and O–H groups in total. The number of hydrogen-bond acceptors (Lipinski definition) is 4. The highest BCUT2D eigenvalue weighted by Crippen LogP contribution is 1.86. The summed E-state index contributed by atoms with van der Waals surface area (Å²) in [6, 6.07) is 0. The van der Waals surface area contributed by atoms with Crippen molar-refractivity contribution < 1.29 is 9.31 Å². The van der Waals surface area contributed by atoms with Crippen molar-refractivity contribution in [1.82, 2.24) is 0 Å². The third-order valence-corrected chi connectivity index (χ3v) is 0.534. The fourth-order valence-electron chi connectivity index (χ4n) is 0.144. The Morgan fingerprint density at radius 1 is 1.17 bits per heavy atom. The SMILES string of the molecule is NN=NN=NN=NN=[N+]([O-])OS. The van der Waals surface area contributed by atoms with Crippen molar-refractivity contribution in [2.45, 2.75) is 0 Å². The van der Waals surface area contributed by atoms with E-state index in [-0.39, 0.29) is 5.02 Å². The number of nitrogens with two attached hydrogens (primary N) is 1. The molecule has 0 saturated heterocycles. The Hall–Kier alpha value is -1.85. The van der Waals surface area contributed by atoms with E-state index < -0.39 is 0 Å². The topological polar surface area (TPSA) is 148 Å². The molecule has 0 aliphatic heterocycles. The van der Waals surface area contributed by atoms with E-state index in [2.05, 4.69) is 59.6 Å². The lowest BCUT2D eigenvalue weighted by Gasteiger charge is -1.91. The number of nitrogens with zero attached hydrogens (tertiary/aromatic N) is 8. The first kappa shape index (κ1) is 10.2. The van der Waals surface area contributed by atoms with Crippen LogP contribution < -0.4 is 5.84 Å². The van der Waals surface area contributed by atoms with Crippen LogP contribution >= 0.6 is 12.9 Å². The maximum absolute atomic E-state index is 10.1. The smallest absolute Gasteiger partial charge is 0.230 e.